The molecule has 126 valence electrons. The molecule has 0 spiro atoms. The van der Waals surface area contributed by atoms with Crippen LogP contribution in [0, 0.1) is 5.82 Å². The van der Waals surface area contributed by atoms with Crippen LogP contribution in [0.4, 0.5) is 14.9 Å². The molecule has 0 saturated carbocycles. The second-order valence-corrected chi connectivity index (χ2v) is 6.04. The number of benzene rings is 2. The molecule has 1 aliphatic rings. The van der Waals surface area contributed by atoms with Crippen molar-refractivity contribution < 1.29 is 18.7 Å². The number of halogens is 1. The highest BCUT2D eigenvalue weighted by Gasteiger charge is 2.25. The van der Waals surface area contributed by atoms with Gasteiger partial charge in [-0.1, -0.05) is 18.2 Å². The van der Waals surface area contributed by atoms with Gasteiger partial charge in [0, 0.05) is 0 Å². The highest BCUT2D eigenvalue weighted by atomic mass is 19.1. The summed E-state index contributed by atoms with van der Waals surface area (Å²) in [5.41, 5.74) is 0.314. The van der Waals surface area contributed by atoms with Gasteiger partial charge in [-0.3, -0.25) is 0 Å². The predicted molar refractivity (Wildman–Crippen MR) is 89.0 cm³/mol. The number of urea groups is 1. The van der Waals surface area contributed by atoms with Gasteiger partial charge in [0.25, 0.3) is 0 Å². The molecule has 0 fully saturated rings. The van der Waals surface area contributed by atoms with Crippen LogP contribution in [0.1, 0.15) is 19.4 Å². The average molecular weight is 330 g/mol. The number of carbonyl (C=O) groups is 1. The number of fused-ring (bicyclic) bond motifs is 1. The first-order valence-electron chi connectivity index (χ1n) is 7.69. The number of carbonyl (C=O) groups excluding carboxylic acids is 1. The van der Waals surface area contributed by atoms with Crippen molar-refractivity contribution in [3.63, 3.8) is 0 Å². The molecule has 24 heavy (non-hydrogen) atoms. The maximum absolute atomic E-state index is 13.6. The normalized spacial score (nSPS) is 13.3. The minimum Gasteiger partial charge on any atom is -0.486 e. The third-order valence-electron chi connectivity index (χ3n) is 3.81. The number of rotatable bonds is 3. The molecule has 1 heterocycles. The fourth-order valence-corrected chi connectivity index (χ4v) is 2.50. The van der Waals surface area contributed by atoms with E-state index < -0.39 is 17.4 Å². The summed E-state index contributed by atoms with van der Waals surface area (Å²) >= 11 is 0. The Balaban J connectivity index is 1.73. The van der Waals surface area contributed by atoms with E-state index in [1.54, 1.807) is 12.1 Å². The molecule has 0 aliphatic carbocycles. The number of ether oxygens (including phenoxy) is 2. The zero-order valence-corrected chi connectivity index (χ0v) is 13.6. The number of amides is 2. The highest BCUT2D eigenvalue weighted by Crippen LogP contribution is 2.34. The lowest BCUT2D eigenvalue weighted by molar-refractivity contribution is 0.171. The molecule has 0 radical (unpaired) electrons. The van der Waals surface area contributed by atoms with Gasteiger partial charge in [-0.25, -0.2) is 9.18 Å². The van der Waals surface area contributed by atoms with Crippen LogP contribution in [0.5, 0.6) is 11.5 Å². The molecule has 0 saturated heterocycles. The summed E-state index contributed by atoms with van der Waals surface area (Å²) in [5, 5.41) is 5.36. The van der Waals surface area contributed by atoms with Crippen LogP contribution in [0.15, 0.2) is 42.5 Å². The van der Waals surface area contributed by atoms with E-state index in [4.69, 9.17) is 9.47 Å². The molecule has 2 aromatic rings. The summed E-state index contributed by atoms with van der Waals surface area (Å²) < 4.78 is 24.7. The first-order chi connectivity index (χ1) is 11.5. The molecule has 0 unspecified atom stereocenters. The van der Waals surface area contributed by atoms with E-state index in [1.165, 1.54) is 12.1 Å². The first kappa shape index (κ1) is 16.1. The Morgan fingerprint density at radius 3 is 2.54 bits per heavy atom. The molecule has 2 aromatic carbocycles. The summed E-state index contributed by atoms with van der Waals surface area (Å²) in [6, 6.07) is 11.1. The van der Waals surface area contributed by atoms with Gasteiger partial charge in [0.2, 0.25) is 0 Å². The SMILES string of the molecule is CC(C)(NC(=O)Nc1ccccc1F)c1ccc2c(c1)OCCO2. The fraction of sp³-hybridized carbons (Fsp3) is 0.278. The van der Waals surface area contributed by atoms with Gasteiger partial charge < -0.3 is 20.1 Å². The van der Waals surface area contributed by atoms with E-state index in [1.807, 2.05) is 32.0 Å². The summed E-state index contributed by atoms with van der Waals surface area (Å²) in [6.07, 6.45) is 0. The topological polar surface area (TPSA) is 59.6 Å². The number of para-hydroxylation sites is 1. The van der Waals surface area contributed by atoms with Crippen molar-refractivity contribution in [3.8, 4) is 11.5 Å². The van der Waals surface area contributed by atoms with Crippen LogP contribution in [-0.2, 0) is 5.54 Å². The monoisotopic (exact) mass is 330 g/mol. The van der Waals surface area contributed by atoms with Crippen molar-refractivity contribution in [1.82, 2.24) is 5.32 Å². The fourth-order valence-electron chi connectivity index (χ4n) is 2.50. The number of anilines is 1. The molecular weight excluding hydrogens is 311 g/mol. The Morgan fingerprint density at radius 1 is 1.08 bits per heavy atom. The Morgan fingerprint density at radius 2 is 1.79 bits per heavy atom. The van der Waals surface area contributed by atoms with Crippen LogP contribution in [0.2, 0.25) is 0 Å². The van der Waals surface area contributed by atoms with Crippen LogP contribution >= 0.6 is 0 Å². The molecule has 0 atom stereocenters. The molecule has 2 N–H and O–H groups in total. The molecule has 5 nitrogen and oxygen atoms in total. The number of hydrogen-bond donors (Lipinski definition) is 2. The predicted octanol–water partition coefficient (Wildman–Crippen LogP) is 3.65. The van der Waals surface area contributed by atoms with Gasteiger partial charge in [-0.05, 0) is 43.7 Å². The quantitative estimate of drug-likeness (QED) is 0.903. The second-order valence-electron chi connectivity index (χ2n) is 6.04. The van der Waals surface area contributed by atoms with Crippen molar-refractivity contribution in [2.75, 3.05) is 18.5 Å². The minimum absolute atomic E-state index is 0.132. The summed E-state index contributed by atoms with van der Waals surface area (Å²) in [5.74, 6) is 0.865. The van der Waals surface area contributed by atoms with E-state index >= 15 is 0 Å². The van der Waals surface area contributed by atoms with Crippen molar-refractivity contribution >= 4 is 11.7 Å². The smallest absolute Gasteiger partial charge is 0.320 e. The highest BCUT2D eigenvalue weighted by molar-refractivity contribution is 5.89. The number of hydrogen-bond acceptors (Lipinski definition) is 3. The zero-order chi connectivity index (χ0) is 17.2. The Bertz CT molecular complexity index is 762. The lowest BCUT2D eigenvalue weighted by atomic mass is 9.94. The van der Waals surface area contributed by atoms with Gasteiger partial charge in [0.05, 0.1) is 11.2 Å². The standard InChI is InChI=1S/C18H19FN2O3/c1-18(2,12-7-8-15-16(11-12)24-10-9-23-15)21-17(22)20-14-6-4-3-5-13(14)19/h3-8,11H,9-10H2,1-2H3,(H2,20,21,22). The molecule has 3 rings (SSSR count). The van der Waals surface area contributed by atoms with E-state index in [9.17, 15) is 9.18 Å². The summed E-state index contributed by atoms with van der Waals surface area (Å²) in [7, 11) is 0. The molecule has 2 amide bonds. The van der Waals surface area contributed by atoms with Crippen LogP contribution in [0.3, 0.4) is 0 Å². The molecule has 0 bridgehead atoms. The van der Waals surface area contributed by atoms with Gasteiger partial charge in [0.15, 0.2) is 11.5 Å². The number of nitrogens with one attached hydrogen (secondary N) is 2. The first-order valence-corrected chi connectivity index (χ1v) is 7.69. The average Bonchev–Trinajstić information content (AvgIpc) is 2.56. The molecular formula is C18H19FN2O3. The maximum atomic E-state index is 13.6. The largest absolute Gasteiger partial charge is 0.486 e. The summed E-state index contributed by atoms with van der Waals surface area (Å²) in [6.45, 7) is 4.75. The third kappa shape index (κ3) is 3.42. The Hall–Kier alpha value is -2.76. The van der Waals surface area contributed by atoms with E-state index in [0.717, 1.165) is 5.56 Å². The van der Waals surface area contributed by atoms with Crippen molar-refractivity contribution in [3.05, 3.63) is 53.8 Å². The minimum atomic E-state index is -0.675. The van der Waals surface area contributed by atoms with Crippen LogP contribution in [0.25, 0.3) is 0 Å². The van der Waals surface area contributed by atoms with Crippen LogP contribution in [-0.4, -0.2) is 19.2 Å². The zero-order valence-electron chi connectivity index (χ0n) is 13.6. The second kappa shape index (κ2) is 6.39. The molecule has 1 aliphatic heterocycles. The van der Waals surface area contributed by atoms with Crippen LogP contribution < -0.4 is 20.1 Å². The van der Waals surface area contributed by atoms with E-state index in [-0.39, 0.29) is 5.69 Å². The van der Waals surface area contributed by atoms with Crippen molar-refractivity contribution in [2.45, 2.75) is 19.4 Å². The molecule has 0 aromatic heterocycles. The van der Waals surface area contributed by atoms with Gasteiger partial charge in [-0.15, -0.1) is 0 Å². The third-order valence-corrected chi connectivity index (χ3v) is 3.81. The van der Waals surface area contributed by atoms with Gasteiger partial charge in [0.1, 0.15) is 19.0 Å². The van der Waals surface area contributed by atoms with E-state index in [0.29, 0.717) is 24.7 Å². The lowest BCUT2D eigenvalue weighted by Crippen LogP contribution is -2.43. The maximum Gasteiger partial charge on any atom is 0.320 e. The Labute approximate surface area is 139 Å². The van der Waals surface area contributed by atoms with Crippen molar-refractivity contribution in [2.24, 2.45) is 0 Å². The lowest BCUT2D eigenvalue weighted by Gasteiger charge is -2.28. The summed E-state index contributed by atoms with van der Waals surface area (Å²) in [4.78, 5) is 12.2. The Kier molecular flexibility index (Phi) is 4.29. The van der Waals surface area contributed by atoms with Gasteiger partial charge >= 0.3 is 6.03 Å². The van der Waals surface area contributed by atoms with E-state index in [2.05, 4.69) is 10.6 Å². The molecule has 6 heteroatoms. The van der Waals surface area contributed by atoms with Gasteiger partial charge in [-0.2, -0.15) is 0 Å². The van der Waals surface area contributed by atoms with Crippen molar-refractivity contribution in [1.29, 1.82) is 0 Å².